The second-order valence-corrected chi connectivity index (χ2v) is 5.13. The molecule has 1 unspecified atom stereocenters. The predicted octanol–water partition coefficient (Wildman–Crippen LogP) is 3.18. The molecule has 1 aromatic rings. The quantitative estimate of drug-likeness (QED) is 0.862. The highest BCUT2D eigenvalue weighted by Gasteiger charge is 2.58. The van der Waals surface area contributed by atoms with Crippen LogP contribution in [0.15, 0.2) is 6.20 Å². The highest BCUT2D eigenvalue weighted by Crippen LogP contribution is 2.33. The summed E-state index contributed by atoms with van der Waals surface area (Å²) in [5.74, 6) is -3.75. The summed E-state index contributed by atoms with van der Waals surface area (Å²) in [6.45, 7) is 0.290. The molecule has 0 bridgehead atoms. The lowest BCUT2D eigenvalue weighted by molar-refractivity contribution is -0.203. The Balaban J connectivity index is 3.22. The average Bonchev–Trinajstić information content (AvgIpc) is 2.34. The first-order valence-corrected chi connectivity index (χ1v) is 6.17. The first-order valence-electron chi connectivity index (χ1n) is 5.04. The van der Waals surface area contributed by atoms with Crippen LogP contribution >= 0.6 is 34.8 Å². The van der Waals surface area contributed by atoms with E-state index in [9.17, 15) is 22.8 Å². The van der Waals surface area contributed by atoms with Crippen molar-refractivity contribution in [1.82, 2.24) is 10.3 Å². The number of carboxylic acid groups (broad SMARTS) is 1. The standard InChI is InChI=1S/C10H6Cl3F3N2O3/c1-9(8(20)21,10(14,15)16)18-7(19)6-5(13)4(12)3(11)2-17-6/h2H,1H3,(H,18,19)(H,20,21). The highest BCUT2D eigenvalue weighted by atomic mass is 35.5. The number of carbonyl (C=O) groups is 2. The Kier molecular flexibility index (Phi) is 4.97. The van der Waals surface area contributed by atoms with E-state index in [0.29, 0.717) is 6.92 Å². The molecule has 5 nitrogen and oxygen atoms in total. The summed E-state index contributed by atoms with van der Waals surface area (Å²) >= 11 is 16.8. The monoisotopic (exact) mass is 364 g/mol. The molecule has 0 fully saturated rings. The molecule has 2 N–H and O–H groups in total. The lowest BCUT2D eigenvalue weighted by Gasteiger charge is -2.28. The summed E-state index contributed by atoms with van der Waals surface area (Å²) in [5, 5.41) is 9.13. The minimum atomic E-state index is -5.24. The van der Waals surface area contributed by atoms with Crippen LogP contribution in [0.1, 0.15) is 17.4 Å². The number of nitrogens with zero attached hydrogens (tertiary/aromatic N) is 1. The van der Waals surface area contributed by atoms with Crippen molar-refractivity contribution in [3.63, 3.8) is 0 Å². The zero-order chi connectivity index (χ0) is 16.6. The lowest BCUT2D eigenvalue weighted by atomic mass is 10.0. The third-order valence-corrected chi connectivity index (χ3v) is 3.73. The summed E-state index contributed by atoms with van der Waals surface area (Å²) in [6.07, 6.45) is -4.34. The maximum atomic E-state index is 12.8. The second-order valence-electron chi connectivity index (χ2n) is 3.96. The number of aliphatic carboxylic acids is 1. The van der Waals surface area contributed by atoms with Crippen molar-refractivity contribution < 1.29 is 27.9 Å². The molecule has 1 aromatic heterocycles. The molecule has 21 heavy (non-hydrogen) atoms. The molecule has 0 aromatic carbocycles. The van der Waals surface area contributed by atoms with E-state index >= 15 is 0 Å². The van der Waals surface area contributed by atoms with E-state index in [1.54, 1.807) is 0 Å². The number of rotatable bonds is 3. The zero-order valence-corrected chi connectivity index (χ0v) is 12.3. The van der Waals surface area contributed by atoms with Gasteiger partial charge >= 0.3 is 12.1 Å². The second kappa shape index (κ2) is 5.86. The first-order chi connectivity index (χ1) is 9.41. The third-order valence-electron chi connectivity index (χ3n) is 2.49. The smallest absolute Gasteiger partial charge is 0.422 e. The van der Waals surface area contributed by atoms with Crippen LogP contribution in [0.5, 0.6) is 0 Å². The summed E-state index contributed by atoms with van der Waals surface area (Å²) < 4.78 is 38.3. The van der Waals surface area contributed by atoms with Gasteiger partial charge in [0.15, 0.2) is 0 Å². The van der Waals surface area contributed by atoms with Crippen LogP contribution in [0, 0.1) is 0 Å². The predicted molar refractivity (Wildman–Crippen MR) is 68.8 cm³/mol. The summed E-state index contributed by atoms with van der Waals surface area (Å²) in [6, 6.07) is 0. The van der Waals surface area contributed by atoms with Gasteiger partial charge in [0.1, 0.15) is 5.69 Å². The van der Waals surface area contributed by atoms with Gasteiger partial charge in [-0.2, -0.15) is 13.2 Å². The number of aromatic nitrogens is 1. The number of hydrogen-bond acceptors (Lipinski definition) is 3. The minimum absolute atomic E-state index is 0.116. The molecule has 0 spiro atoms. The van der Waals surface area contributed by atoms with Crippen LogP contribution in [0.25, 0.3) is 0 Å². The van der Waals surface area contributed by atoms with Gasteiger partial charge in [-0.3, -0.25) is 4.79 Å². The number of hydrogen-bond donors (Lipinski definition) is 2. The molecular weight excluding hydrogens is 359 g/mol. The molecule has 0 aliphatic rings. The number of carboxylic acids is 1. The largest absolute Gasteiger partial charge is 0.479 e. The van der Waals surface area contributed by atoms with Crippen molar-refractivity contribution in [2.45, 2.75) is 18.6 Å². The van der Waals surface area contributed by atoms with Gasteiger partial charge < -0.3 is 10.4 Å². The van der Waals surface area contributed by atoms with E-state index in [1.807, 2.05) is 0 Å². The van der Waals surface area contributed by atoms with Gasteiger partial charge in [0.05, 0.1) is 15.1 Å². The van der Waals surface area contributed by atoms with Crippen LogP contribution in [-0.4, -0.2) is 33.7 Å². The maximum absolute atomic E-state index is 12.8. The molecule has 116 valence electrons. The van der Waals surface area contributed by atoms with Crippen LogP contribution < -0.4 is 5.32 Å². The number of nitrogens with one attached hydrogen (secondary N) is 1. The van der Waals surface area contributed by atoms with Crippen molar-refractivity contribution in [3.05, 3.63) is 27.0 Å². The number of alkyl halides is 3. The van der Waals surface area contributed by atoms with E-state index in [4.69, 9.17) is 39.9 Å². The van der Waals surface area contributed by atoms with E-state index in [1.165, 1.54) is 5.32 Å². The molecule has 0 aliphatic heterocycles. The Labute approximate surface area is 131 Å². The van der Waals surface area contributed by atoms with Crippen molar-refractivity contribution in [3.8, 4) is 0 Å². The van der Waals surface area contributed by atoms with Gasteiger partial charge in [-0.05, 0) is 6.92 Å². The third kappa shape index (κ3) is 3.33. The average molecular weight is 366 g/mol. The fourth-order valence-electron chi connectivity index (χ4n) is 1.13. The van der Waals surface area contributed by atoms with Crippen molar-refractivity contribution in [2.24, 2.45) is 0 Å². The number of pyridine rings is 1. The maximum Gasteiger partial charge on any atom is 0.422 e. The van der Waals surface area contributed by atoms with Crippen molar-refractivity contribution in [2.75, 3.05) is 0 Å². The van der Waals surface area contributed by atoms with Crippen LogP contribution in [-0.2, 0) is 4.79 Å². The lowest BCUT2D eigenvalue weighted by Crippen LogP contribution is -2.62. The highest BCUT2D eigenvalue weighted by molar-refractivity contribution is 6.48. The van der Waals surface area contributed by atoms with Gasteiger partial charge in [0.2, 0.25) is 5.54 Å². The first kappa shape index (κ1) is 17.8. The fourth-order valence-corrected chi connectivity index (χ4v) is 1.70. The number of carbonyl (C=O) groups excluding carboxylic acids is 1. The SMILES string of the molecule is CC(NC(=O)c1ncc(Cl)c(Cl)c1Cl)(C(=O)O)C(F)(F)F. The van der Waals surface area contributed by atoms with E-state index in [0.717, 1.165) is 6.20 Å². The zero-order valence-electron chi connectivity index (χ0n) is 10.1. The van der Waals surface area contributed by atoms with Crippen molar-refractivity contribution in [1.29, 1.82) is 0 Å². The molecule has 0 aliphatic carbocycles. The minimum Gasteiger partial charge on any atom is -0.479 e. The molecule has 1 rings (SSSR count). The molecule has 0 saturated carbocycles. The summed E-state index contributed by atoms with van der Waals surface area (Å²) in [5.41, 5.74) is -4.19. The topological polar surface area (TPSA) is 79.3 Å². The van der Waals surface area contributed by atoms with E-state index < -0.39 is 34.3 Å². The van der Waals surface area contributed by atoms with Gasteiger partial charge in [-0.25, -0.2) is 9.78 Å². The molecule has 1 atom stereocenters. The van der Waals surface area contributed by atoms with Crippen LogP contribution in [0.2, 0.25) is 15.1 Å². The van der Waals surface area contributed by atoms with Crippen molar-refractivity contribution >= 4 is 46.7 Å². The Hall–Kier alpha value is -1.25. The van der Waals surface area contributed by atoms with Crippen LogP contribution in [0.4, 0.5) is 13.2 Å². The molecule has 0 saturated heterocycles. The Bertz CT molecular complexity index is 609. The van der Waals surface area contributed by atoms with Gasteiger partial charge in [-0.1, -0.05) is 34.8 Å². The molecular formula is C10H6Cl3F3N2O3. The van der Waals surface area contributed by atoms with Crippen LogP contribution in [0.3, 0.4) is 0 Å². The Morgan fingerprint density at radius 2 is 1.76 bits per heavy atom. The fraction of sp³-hybridized carbons (Fsp3) is 0.300. The molecule has 1 heterocycles. The van der Waals surface area contributed by atoms with Gasteiger partial charge in [0.25, 0.3) is 5.91 Å². The van der Waals surface area contributed by atoms with E-state index in [-0.39, 0.29) is 10.0 Å². The summed E-state index contributed by atoms with van der Waals surface area (Å²) in [4.78, 5) is 26.0. The number of halogens is 6. The molecule has 11 heteroatoms. The van der Waals surface area contributed by atoms with Gasteiger partial charge in [-0.15, -0.1) is 0 Å². The Morgan fingerprint density at radius 1 is 1.24 bits per heavy atom. The summed E-state index contributed by atoms with van der Waals surface area (Å²) in [7, 11) is 0. The number of amides is 1. The molecule has 1 amide bonds. The normalized spacial score (nSPS) is 14.4. The Morgan fingerprint density at radius 3 is 2.19 bits per heavy atom. The van der Waals surface area contributed by atoms with Gasteiger partial charge in [0, 0.05) is 6.20 Å². The molecule has 0 radical (unpaired) electrons. The van der Waals surface area contributed by atoms with E-state index in [2.05, 4.69) is 4.98 Å².